The van der Waals surface area contributed by atoms with Gasteiger partial charge in [0, 0.05) is 54.9 Å². The quantitative estimate of drug-likeness (QED) is 0.340. The Labute approximate surface area is 222 Å². The van der Waals surface area contributed by atoms with E-state index in [-0.39, 0.29) is 12.1 Å². The lowest BCUT2D eigenvalue weighted by Gasteiger charge is -2.29. The number of benzene rings is 2. The van der Waals surface area contributed by atoms with Crippen molar-refractivity contribution >= 4 is 44.4 Å². The molecule has 0 aliphatic carbocycles. The molecule has 1 aliphatic heterocycles. The first-order chi connectivity index (χ1) is 17.7. The zero-order chi connectivity index (χ0) is 26.2. The zero-order valence-electron chi connectivity index (χ0n) is 20.7. The van der Waals surface area contributed by atoms with Gasteiger partial charge in [-0.25, -0.2) is 8.42 Å². The maximum Gasteiger partial charge on any atom is 0.229 e. The first-order valence-corrected chi connectivity index (χ1v) is 14.0. The van der Waals surface area contributed by atoms with E-state index < -0.39 is 10.0 Å². The largest absolute Gasteiger partial charge is 0.378 e. The van der Waals surface area contributed by atoms with E-state index in [1.54, 1.807) is 18.3 Å². The molecule has 1 saturated heterocycles. The lowest BCUT2D eigenvalue weighted by atomic mass is 10.0. The number of thiocarbonyl (C=S) groups is 1. The van der Waals surface area contributed by atoms with Gasteiger partial charge in [0.1, 0.15) is 6.04 Å². The maximum atomic E-state index is 11.7. The lowest BCUT2D eigenvalue weighted by molar-refractivity contribution is 0.549. The van der Waals surface area contributed by atoms with Crippen LogP contribution in [-0.4, -0.2) is 43.4 Å². The molecule has 0 amide bonds. The van der Waals surface area contributed by atoms with Crippen molar-refractivity contribution in [3.63, 3.8) is 0 Å². The fourth-order valence-corrected chi connectivity index (χ4v) is 5.53. The molecule has 190 valence electrons. The summed E-state index contributed by atoms with van der Waals surface area (Å²) in [5.41, 5.74) is 5.41. The van der Waals surface area contributed by atoms with Crippen molar-refractivity contribution in [2.24, 2.45) is 0 Å². The second-order valence-electron chi connectivity index (χ2n) is 9.13. The van der Waals surface area contributed by atoms with Crippen molar-refractivity contribution in [1.82, 2.24) is 14.9 Å². The number of rotatable bonds is 7. The van der Waals surface area contributed by atoms with Crippen LogP contribution in [0.3, 0.4) is 0 Å². The molecule has 37 heavy (non-hydrogen) atoms. The van der Waals surface area contributed by atoms with E-state index in [1.165, 1.54) is 0 Å². The summed E-state index contributed by atoms with van der Waals surface area (Å²) in [4.78, 5) is 8.77. The molecule has 5 rings (SSSR count). The molecule has 3 heterocycles. The predicted molar refractivity (Wildman–Crippen MR) is 153 cm³/mol. The number of aromatic nitrogens is 2. The number of hydrogen-bond acceptors (Lipinski definition) is 5. The molecular formula is C27H28N6O2S2. The van der Waals surface area contributed by atoms with Crippen molar-refractivity contribution < 1.29 is 8.42 Å². The molecule has 2 aromatic heterocycles. The van der Waals surface area contributed by atoms with Gasteiger partial charge >= 0.3 is 0 Å². The Kier molecular flexibility index (Phi) is 6.61. The minimum Gasteiger partial charge on any atom is -0.378 e. The summed E-state index contributed by atoms with van der Waals surface area (Å²) in [6.45, 7) is 0. The van der Waals surface area contributed by atoms with Gasteiger partial charge in [-0.15, -0.1) is 0 Å². The van der Waals surface area contributed by atoms with E-state index >= 15 is 0 Å². The molecule has 0 spiro atoms. The van der Waals surface area contributed by atoms with Crippen LogP contribution >= 0.6 is 12.2 Å². The van der Waals surface area contributed by atoms with Crippen LogP contribution in [0, 0.1) is 0 Å². The number of pyridine rings is 1. The molecule has 8 nitrogen and oxygen atoms in total. The van der Waals surface area contributed by atoms with Crippen LogP contribution in [0.5, 0.6) is 0 Å². The molecule has 2 N–H and O–H groups in total. The first kappa shape index (κ1) is 24.8. The van der Waals surface area contributed by atoms with Gasteiger partial charge < -0.3 is 19.7 Å². The molecule has 1 fully saturated rings. The second kappa shape index (κ2) is 9.87. The Hall–Kier alpha value is -3.89. The normalized spacial score (nSPS) is 17.5. The van der Waals surface area contributed by atoms with Crippen molar-refractivity contribution in [3.8, 4) is 5.69 Å². The summed E-state index contributed by atoms with van der Waals surface area (Å²) >= 11 is 5.84. The third-order valence-electron chi connectivity index (χ3n) is 6.27. The van der Waals surface area contributed by atoms with Gasteiger partial charge in [0.25, 0.3) is 0 Å². The third-order valence-corrected chi connectivity index (χ3v) is 7.20. The van der Waals surface area contributed by atoms with E-state index in [0.717, 1.165) is 34.7 Å². The number of sulfonamides is 1. The predicted octanol–water partition coefficient (Wildman–Crippen LogP) is 4.49. The minimum absolute atomic E-state index is 0.197. The molecule has 0 radical (unpaired) electrons. The van der Waals surface area contributed by atoms with Crippen LogP contribution < -0.4 is 19.8 Å². The summed E-state index contributed by atoms with van der Waals surface area (Å²) in [7, 11) is 0.670. The van der Waals surface area contributed by atoms with Gasteiger partial charge in [-0.05, 0) is 85.0 Å². The SMILES string of the molecule is CN(C)c1ccc(-n2cccc2[C@@H]2[C@@H](c3ccccn3)NC(=S)N2c2ccc(NS(C)(=O)=O)cc2)cc1. The summed E-state index contributed by atoms with van der Waals surface area (Å²) in [5.74, 6) is 0. The highest BCUT2D eigenvalue weighted by atomic mass is 32.2. The topological polar surface area (TPSA) is 82.5 Å². The van der Waals surface area contributed by atoms with Gasteiger partial charge in [0.2, 0.25) is 10.0 Å². The Balaban J connectivity index is 1.59. The second-order valence-corrected chi connectivity index (χ2v) is 11.3. The number of nitrogens with one attached hydrogen (secondary N) is 2. The van der Waals surface area contributed by atoms with Crippen LogP contribution in [0.1, 0.15) is 23.5 Å². The van der Waals surface area contributed by atoms with Crippen LogP contribution in [-0.2, 0) is 10.0 Å². The zero-order valence-corrected chi connectivity index (χ0v) is 22.4. The van der Waals surface area contributed by atoms with Crippen molar-refractivity contribution in [2.45, 2.75) is 12.1 Å². The van der Waals surface area contributed by atoms with Crippen LogP contribution in [0.4, 0.5) is 17.1 Å². The molecule has 0 bridgehead atoms. The molecule has 2 atom stereocenters. The summed E-state index contributed by atoms with van der Waals surface area (Å²) < 4.78 is 28.0. The highest BCUT2D eigenvalue weighted by Crippen LogP contribution is 2.42. The molecule has 10 heteroatoms. The molecular weight excluding hydrogens is 504 g/mol. The van der Waals surface area contributed by atoms with Gasteiger partial charge in [-0.2, -0.15) is 0 Å². The summed E-state index contributed by atoms with van der Waals surface area (Å²) in [5, 5.41) is 4.05. The monoisotopic (exact) mass is 532 g/mol. The average Bonchev–Trinajstić information content (AvgIpc) is 3.48. The Morgan fingerprint density at radius 2 is 1.65 bits per heavy atom. The Morgan fingerprint density at radius 3 is 2.27 bits per heavy atom. The standard InChI is InChI=1S/C27H28N6O2S2/c1-31(2)20-13-15-21(16-14-20)32-18-6-8-24(32)26-25(23-7-4-5-17-28-23)29-27(36)33(26)22-11-9-19(10-12-22)30-37(3,34)35/h4-18,25-26,30H,1-3H3,(H,29,36)/t25-,26-/m1/s1. The van der Waals surface area contributed by atoms with Crippen LogP contribution in [0.2, 0.25) is 0 Å². The number of hydrogen-bond donors (Lipinski definition) is 2. The smallest absolute Gasteiger partial charge is 0.229 e. The summed E-state index contributed by atoms with van der Waals surface area (Å²) in [6.07, 6.45) is 4.96. The fourth-order valence-electron chi connectivity index (χ4n) is 4.62. The van der Waals surface area contributed by atoms with E-state index in [0.29, 0.717) is 10.8 Å². The lowest BCUT2D eigenvalue weighted by Crippen LogP contribution is -2.30. The highest BCUT2D eigenvalue weighted by molar-refractivity contribution is 7.92. The highest BCUT2D eigenvalue weighted by Gasteiger charge is 2.42. The molecule has 4 aromatic rings. The van der Waals surface area contributed by atoms with E-state index in [2.05, 4.69) is 59.7 Å². The van der Waals surface area contributed by atoms with E-state index in [9.17, 15) is 8.42 Å². The molecule has 0 saturated carbocycles. The van der Waals surface area contributed by atoms with Crippen molar-refractivity contribution in [1.29, 1.82) is 0 Å². The van der Waals surface area contributed by atoms with Crippen LogP contribution in [0.15, 0.2) is 91.3 Å². The van der Waals surface area contributed by atoms with E-state index in [4.69, 9.17) is 12.2 Å². The summed E-state index contributed by atoms with van der Waals surface area (Å²) in [6, 6.07) is 25.2. The first-order valence-electron chi connectivity index (χ1n) is 11.7. The minimum atomic E-state index is -3.37. The molecule has 0 unspecified atom stereocenters. The van der Waals surface area contributed by atoms with Gasteiger partial charge in [-0.3, -0.25) is 9.71 Å². The van der Waals surface area contributed by atoms with Crippen LogP contribution in [0.25, 0.3) is 5.69 Å². The third kappa shape index (κ3) is 5.16. The van der Waals surface area contributed by atoms with E-state index in [1.807, 2.05) is 56.7 Å². The van der Waals surface area contributed by atoms with Crippen molar-refractivity contribution in [3.05, 3.63) is 103 Å². The van der Waals surface area contributed by atoms with Gasteiger partial charge in [-0.1, -0.05) is 6.07 Å². The Bertz CT molecular complexity index is 1500. The number of anilines is 3. The van der Waals surface area contributed by atoms with Gasteiger partial charge in [0.05, 0.1) is 18.0 Å². The molecule has 1 aliphatic rings. The number of nitrogens with zero attached hydrogens (tertiary/aromatic N) is 4. The fraction of sp³-hybridized carbons (Fsp3) is 0.185. The average molecular weight is 533 g/mol. The Morgan fingerprint density at radius 1 is 0.946 bits per heavy atom. The van der Waals surface area contributed by atoms with Gasteiger partial charge in [0.15, 0.2) is 5.11 Å². The molecule has 2 aromatic carbocycles. The van der Waals surface area contributed by atoms with Crippen molar-refractivity contribution in [2.75, 3.05) is 34.9 Å². The maximum absolute atomic E-state index is 11.7.